The van der Waals surface area contributed by atoms with E-state index in [1.54, 1.807) is 6.92 Å². The van der Waals surface area contributed by atoms with E-state index >= 15 is 0 Å². The zero-order valence-corrected chi connectivity index (χ0v) is 14.5. The summed E-state index contributed by atoms with van der Waals surface area (Å²) < 4.78 is 0. The average molecular weight is 304 g/mol. The van der Waals surface area contributed by atoms with Crippen LogP contribution in [0.2, 0.25) is 0 Å². The Morgan fingerprint density at radius 1 is 1.33 bits per heavy atom. The van der Waals surface area contributed by atoms with Gasteiger partial charge >= 0.3 is 29.6 Å². The molecular formula is C15H21NaO5. The number of carboxylic acid groups (broad SMARTS) is 1. The molecule has 21 heavy (non-hydrogen) atoms. The fourth-order valence-corrected chi connectivity index (χ4v) is 2.64. The fraction of sp³-hybridized carbons (Fsp3) is 0.467. The van der Waals surface area contributed by atoms with Gasteiger partial charge in [0.2, 0.25) is 0 Å². The number of hydrogen-bond donors (Lipinski definition) is 0. The predicted molar refractivity (Wildman–Crippen MR) is 73.1 cm³/mol. The molecule has 1 aliphatic rings. The summed E-state index contributed by atoms with van der Waals surface area (Å²) >= 11 is 0. The molecule has 0 spiro atoms. The Morgan fingerprint density at radius 3 is 2.48 bits per heavy atom. The van der Waals surface area contributed by atoms with Crippen LogP contribution in [0.25, 0.3) is 0 Å². The van der Waals surface area contributed by atoms with Crippen molar-refractivity contribution in [2.24, 2.45) is 5.92 Å². The molecule has 0 saturated heterocycles. The summed E-state index contributed by atoms with van der Waals surface area (Å²) in [6.45, 7) is 1.63. The zero-order valence-electron chi connectivity index (χ0n) is 12.5. The second-order valence-corrected chi connectivity index (χ2v) is 5.00. The average Bonchev–Trinajstić information content (AvgIpc) is 2.75. The van der Waals surface area contributed by atoms with Crippen LogP contribution < -0.4 is 34.7 Å². The summed E-state index contributed by atoms with van der Waals surface area (Å²) in [7, 11) is 0. The molecule has 2 rings (SSSR count). The van der Waals surface area contributed by atoms with E-state index in [-0.39, 0.29) is 46.4 Å². The smallest absolute Gasteiger partial charge is 0.550 e. The molecule has 2 unspecified atom stereocenters. The number of carboxylic acids is 1. The number of aliphatic carboxylic acids is 1. The van der Waals surface area contributed by atoms with Gasteiger partial charge in [0.25, 0.3) is 0 Å². The Kier molecular flexibility index (Phi) is 10.8. The molecule has 1 aromatic carbocycles. The minimum Gasteiger partial charge on any atom is -0.550 e. The van der Waals surface area contributed by atoms with Crippen LogP contribution in [0.3, 0.4) is 0 Å². The molecular weight excluding hydrogens is 283 g/mol. The summed E-state index contributed by atoms with van der Waals surface area (Å²) in [5, 5.41) is 11.0. The van der Waals surface area contributed by atoms with E-state index in [4.69, 9.17) is 0 Å². The van der Waals surface area contributed by atoms with Crippen LogP contribution in [0, 0.1) is 5.92 Å². The number of ketones is 1. The zero-order chi connectivity index (χ0) is 13.1. The number of benzene rings is 1. The van der Waals surface area contributed by atoms with Crippen molar-refractivity contribution >= 4 is 11.8 Å². The van der Waals surface area contributed by atoms with E-state index in [2.05, 4.69) is 0 Å². The van der Waals surface area contributed by atoms with E-state index in [1.807, 2.05) is 24.3 Å². The van der Waals surface area contributed by atoms with Crippen molar-refractivity contribution in [1.29, 1.82) is 0 Å². The van der Waals surface area contributed by atoms with E-state index < -0.39 is 11.9 Å². The number of carbonyl (C=O) groups excluding carboxylic acids is 2. The van der Waals surface area contributed by atoms with Crippen LogP contribution in [0.5, 0.6) is 0 Å². The van der Waals surface area contributed by atoms with Gasteiger partial charge in [0.1, 0.15) is 5.78 Å². The van der Waals surface area contributed by atoms with Crippen LogP contribution in [0.4, 0.5) is 0 Å². The van der Waals surface area contributed by atoms with E-state index in [0.717, 1.165) is 24.0 Å². The van der Waals surface area contributed by atoms with Crippen LogP contribution in [0.15, 0.2) is 24.3 Å². The number of Topliss-reactive ketones (excluding diaryl/α,β-unsaturated/α-hetero) is 1. The van der Waals surface area contributed by atoms with Gasteiger partial charge in [0, 0.05) is 24.2 Å². The number of carbonyl (C=O) groups is 2. The molecule has 0 aromatic heterocycles. The first kappa shape index (κ1) is 22.6. The molecule has 0 aliphatic heterocycles. The van der Waals surface area contributed by atoms with Crippen molar-refractivity contribution in [3.63, 3.8) is 0 Å². The third-order valence-electron chi connectivity index (χ3n) is 3.77. The molecule has 0 heterocycles. The van der Waals surface area contributed by atoms with Crippen molar-refractivity contribution in [2.45, 2.75) is 38.5 Å². The molecule has 5 nitrogen and oxygen atoms in total. The topological polar surface area (TPSA) is 120 Å². The summed E-state index contributed by atoms with van der Waals surface area (Å²) in [5.41, 5.74) is 1.74. The SMILES string of the molecule is CC(C(=O)[O-])c1ccccc1CC1CCCC1=O.O.O.[Na+]. The first-order valence-electron chi connectivity index (χ1n) is 6.41. The van der Waals surface area contributed by atoms with E-state index in [1.165, 1.54) is 0 Å². The normalized spacial score (nSPS) is 18.0. The molecule has 0 amide bonds. The summed E-state index contributed by atoms with van der Waals surface area (Å²) in [6.07, 6.45) is 3.21. The van der Waals surface area contributed by atoms with Gasteiger partial charge in [0.15, 0.2) is 0 Å². The van der Waals surface area contributed by atoms with E-state index in [0.29, 0.717) is 18.6 Å². The maximum Gasteiger partial charge on any atom is 1.00 e. The summed E-state index contributed by atoms with van der Waals surface area (Å²) in [5.74, 6) is -1.32. The van der Waals surface area contributed by atoms with Crippen molar-refractivity contribution in [3.05, 3.63) is 35.4 Å². The van der Waals surface area contributed by atoms with Crippen LogP contribution in [0.1, 0.15) is 43.2 Å². The molecule has 2 atom stereocenters. The largest absolute Gasteiger partial charge is 1.00 e. The molecule has 1 saturated carbocycles. The standard InChI is InChI=1S/C15H18O3.Na.2H2O/c1-10(15(17)18)13-7-3-2-5-11(13)9-12-6-4-8-14(12)16;;;/h2-3,5,7,10,12H,4,6,8-9H2,1H3,(H,17,18);;2*1H2/q;+1;;/p-1. The van der Waals surface area contributed by atoms with Crippen molar-refractivity contribution < 1.29 is 55.2 Å². The Morgan fingerprint density at radius 2 is 1.95 bits per heavy atom. The Bertz CT molecular complexity index is 475. The quantitative estimate of drug-likeness (QED) is 0.545. The van der Waals surface area contributed by atoms with Crippen molar-refractivity contribution in [3.8, 4) is 0 Å². The van der Waals surface area contributed by atoms with Gasteiger partial charge in [-0.05, 0) is 30.4 Å². The minimum atomic E-state index is -1.07. The summed E-state index contributed by atoms with van der Waals surface area (Å²) in [6, 6.07) is 7.45. The monoisotopic (exact) mass is 304 g/mol. The third-order valence-corrected chi connectivity index (χ3v) is 3.77. The molecule has 1 aliphatic carbocycles. The van der Waals surface area contributed by atoms with Gasteiger partial charge in [-0.2, -0.15) is 0 Å². The van der Waals surface area contributed by atoms with Gasteiger partial charge < -0.3 is 20.9 Å². The first-order valence-corrected chi connectivity index (χ1v) is 6.41. The first-order chi connectivity index (χ1) is 8.59. The minimum absolute atomic E-state index is 0. The van der Waals surface area contributed by atoms with Gasteiger partial charge in [-0.25, -0.2) is 0 Å². The second-order valence-electron chi connectivity index (χ2n) is 5.00. The van der Waals surface area contributed by atoms with Crippen LogP contribution in [-0.2, 0) is 16.0 Å². The summed E-state index contributed by atoms with van der Waals surface area (Å²) in [4.78, 5) is 22.6. The maximum atomic E-state index is 11.7. The van der Waals surface area contributed by atoms with Gasteiger partial charge in [-0.3, -0.25) is 4.79 Å². The van der Waals surface area contributed by atoms with Crippen molar-refractivity contribution in [1.82, 2.24) is 0 Å². The molecule has 0 radical (unpaired) electrons. The third kappa shape index (κ3) is 5.52. The van der Waals surface area contributed by atoms with Gasteiger partial charge in [-0.1, -0.05) is 31.2 Å². The number of rotatable bonds is 4. The molecule has 0 bridgehead atoms. The second kappa shape index (κ2) is 10.1. The van der Waals surface area contributed by atoms with E-state index in [9.17, 15) is 14.7 Å². The molecule has 1 fully saturated rings. The van der Waals surface area contributed by atoms with Gasteiger partial charge in [0.05, 0.1) is 0 Å². The van der Waals surface area contributed by atoms with Gasteiger partial charge in [-0.15, -0.1) is 0 Å². The maximum absolute atomic E-state index is 11.7. The molecule has 1 aromatic rings. The Balaban J connectivity index is 0. The Labute approximate surface area is 146 Å². The molecule has 112 valence electrons. The van der Waals surface area contributed by atoms with Crippen LogP contribution in [-0.4, -0.2) is 22.7 Å². The number of hydrogen-bond acceptors (Lipinski definition) is 3. The predicted octanol–water partition coefficient (Wildman–Crippen LogP) is -3.19. The fourth-order valence-electron chi connectivity index (χ4n) is 2.64. The molecule has 6 heteroatoms. The van der Waals surface area contributed by atoms with Crippen molar-refractivity contribution in [2.75, 3.05) is 0 Å². The van der Waals surface area contributed by atoms with Crippen LogP contribution >= 0.6 is 0 Å². The Hall–Kier alpha value is -0.720. The molecule has 4 N–H and O–H groups in total.